The van der Waals surface area contributed by atoms with Crippen molar-refractivity contribution >= 4 is 10.9 Å². The molecular weight excluding hydrogens is 257 g/mol. The van der Waals surface area contributed by atoms with E-state index >= 15 is 0 Å². The summed E-state index contributed by atoms with van der Waals surface area (Å²) >= 11 is 0. The number of hydrogen-bond acceptors (Lipinski definition) is 2. The summed E-state index contributed by atoms with van der Waals surface area (Å²) in [7, 11) is 1.95. The van der Waals surface area contributed by atoms with E-state index in [1.165, 1.54) is 12.1 Å². The number of phenolic OH excluding ortho intramolecular Hbond substituents is 1. The minimum absolute atomic E-state index is 0.245. The predicted octanol–water partition coefficient (Wildman–Crippen LogP) is 3.60. The van der Waals surface area contributed by atoms with E-state index in [-0.39, 0.29) is 11.6 Å². The van der Waals surface area contributed by atoms with Crippen molar-refractivity contribution in [1.82, 2.24) is 4.57 Å². The Balaban J connectivity index is 1.84. The van der Waals surface area contributed by atoms with Gasteiger partial charge in [-0.05, 0) is 48.5 Å². The van der Waals surface area contributed by atoms with Gasteiger partial charge in [0.1, 0.15) is 23.9 Å². The van der Waals surface area contributed by atoms with Crippen molar-refractivity contribution in [3.05, 3.63) is 60.0 Å². The van der Waals surface area contributed by atoms with Gasteiger partial charge in [0.05, 0.1) is 5.69 Å². The highest BCUT2D eigenvalue weighted by molar-refractivity contribution is 5.82. The van der Waals surface area contributed by atoms with E-state index in [4.69, 9.17) is 4.74 Å². The lowest BCUT2D eigenvalue weighted by Gasteiger charge is -2.07. The van der Waals surface area contributed by atoms with Gasteiger partial charge in [-0.25, -0.2) is 4.39 Å². The molecule has 0 saturated heterocycles. The first-order valence-electron chi connectivity index (χ1n) is 6.29. The molecule has 3 nitrogen and oxygen atoms in total. The number of aryl methyl sites for hydroxylation is 1. The van der Waals surface area contributed by atoms with Gasteiger partial charge in [-0.1, -0.05) is 0 Å². The molecule has 0 spiro atoms. The van der Waals surface area contributed by atoms with Crippen LogP contribution in [0.15, 0.2) is 48.5 Å². The number of rotatable bonds is 3. The van der Waals surface area contributed by atoms with Crippen molar-refractivity contribution in [2.45, 2.75) is 6.61 Å². The summed E-state index contributed by atoms with van der Waals surface area (Å²) < 4.78 is 20.5. The van der Waals surface area contributed by atoms with Crippen LogP contribution in [0.2, 0.25) is 0 Å². The second-order valence-corrected chi connectivity index (χ2v) is 4.68. The molecule has 0 amide bonds. The second-order valence-electron chi connectivity index (χ2n) is 4.68. The van der Waals surface area contributed by atoms with Gasteiger partial charge >= 0.3 is 0 Å². The van der Waals surface area contributed by atoms with E-state index in [2.05, 4.69) is 0 Å². The summed E-state index contributed by atoms with van der Waals surface area (Å²) in [6, 6.07) is 13.2. The maximum Gasteiger partial charge on any atom is 0.128 e. The summed E-state index contributed by atoms with van der Waals surface area (Å²) in [6.45, 7) is 0.386. The molecule has 1 aromatic heterocycles. The average molecular weight is 271 g/mol. The monoisotopic (exact) mass is 271 g/mol. The van der Waals surface area contributed by atoms with Crippen LogP contribution in [0.25, 0.3) is 10.9 Å². The molecule has 0 unspecified atom stereocenters. The lowest BCUT2D eigenvalue weighted by molar-refractivity contribution is 0.297. The highest BCUT2D eigenvalue weighted by atomic mass is 19.1. The molecule has 1 heterocycles. The Morgan fingerprint density at radius 1 is 1.10 bits per heavy atom. The van der Waals surface area contributed by atoms with Crippen LogP contribution in [0.5, 0.6) is 11.5 Å². The van der Waals surface area contributed by atoms with Gasteiger partial charge in [-0.3, -0.25) is 0 Å². The van der Waals surface area contributed by atoms with E-state index in [1.807, 2.05) is 23.7 Å². The summed E-state index contributed by atoms with van der Waals surface area (Å²) in [4.78, 5) is 0. The first-order chi connectivity index (χ1) is 9.63. The Morgan fingerprint density at radius 2 is 1.85 bits per heavy atom. The molecule has 4 heteroatoms. The van der Waals surface area contributed by atoms with Crippen LogP contribution in [-0.2, 0) is 13.7 Å². The van der Waals surface area contributed by atoms with Gasteiger partial charge in [-0.2, -0.15) is 0 Å². The summed E-state index contributed by atoms with van der Waals surface area (Å²) in [5.74, 6) is 0.589. The van der Waals surface area contributed by atoms with Gasteiger partial charge < -0.3 is 14.4 Å². The second kappa shape index (κ2) is 4.89. The van der Waals surface area contributed by atoms with Crippen molar-refractivity contribution < 1.29 is 14.2 Å². The van der Waals surface area contributed by atoms with Crippen LogP contribution in [0, 0.1) is 5.82 Å². The van der Waals surface area contributed by atoms with Gasteiger partial charge in [-0.15, -0.1) is 0 Å². The first kappa shape index (κ1) is 12.5. The van der Waals surface area contributed by atoms with E-state index in [9.17, 15) is 9.50 Å². The number of phenols is 1. The molecule has 3 rings (SSSR count). The number of halogens is 1. The molecule has 0 fully saturated rings. The lowest BCUT2D eigenvalue weighted by Crippen LogP contribution is -2.01. The molecule has 0 bridgehead atoms. The quantitative estimate of drug-likeness (QED) is 0.789. The fourth-order valence-electron chi connectivity index (χ4n) is 2.22. The normalized spacial score (nSPS) is 10.9. The fourth-order valence-corrected chi connectivity index (χ4v) is 2.22. The fraction of sp³-hybridized carbons (Fsp3) is 0.125. The topological polar surface area (TPSA) is 34.4 Å². The van der Waals surface area contributed by atoms with E-state index in [0.717, 1.165) is 16.6 Å². The highest BCUT2D eigenvalue weighted by Gasteiger charge is 2.07. The number of nitrogens with zero attached hydrogens (tertiary/aromatic N) is 1. The summed E-state index contributed by atoms with van der Waals surface area (Å²) in [5, 5.41) is 10.5. The molecule has 0 aliphatic rings. The van der Waals surface area contributed by atoms with Crippen LogP contribution in [0.1, 0.15) is 5.69 Å². The Kier molecular flexibility index (Phi) is 3.06. The number of benzene rings is 2. The zero-order valence-electron chi connectivity index (χ0n) is 11.0. The van der Waals surface area contributed by atoms with Crippen molar-refractivity contribution in [1.29, 1.82) is 0 Å². The van der Waals surface area contributed by atoms with Crippen LogP contribution < -0.4 is 4.74 Å². The molecule has 0 aliphatic heterocycles. The Bertz CT molecular complexity index is 747. The molecule has 0 atom stereocenters. The van der Waals surface area contributed by atoms with Crippen molar-refractivity contribution in [2.24, 2.45) is 7.05 Å². The maximum absolute atomic E-state index is 12.8. The number of aromatic hydroxyl groups is 1. The standard InChI is InChI=1S/C16H14FNO2/c1-18-13(8-11-9-14(19)4-7-16(11)18)10-20-15-5-2-12(17)3-6-15/h2-9,19H,10H2,1H3. The van der Waals surface area contributed by atoms with Gasteiger partial charge in [0.25, 0.3) is 0 Å². The Hall–Kier alpha value is -2.49. The molecule has 3 aromatic rings. The van der Waals surface area contributed by atoms with Crippen LogP contribution in [0.4, 0.5) is 4.39 Å². The minimum atomic E-state index is -0.280. The molecule has 0 radical (unpaired) electrons. The molecular formula is C16H14FNO2. The molecule has 1 N–H and O–H groups in total. The third-order valence-electron chi connectivity index (χ3n) is 3.33. The zero-order valence-corrected chi connectivity index (χ0v) is 11.0. The number of ether oxygens (including phenoxy) is 1. The van der Waals surface area contributed by atoms with E-state index in [0.29, 0.717) is 12.4 Å². The van der Waals surface area contributed by atoms with Gasteiger partial charge in [0, 0.05) is 18.0 Å². The average Bonchev–Trinajstić information content (AvgIpc) is 2.74. The number of fused-ring (bicyclic) bond motifs is 1. The molecule has 0 saturated carbocycles. The first-order valence-corrected chi connectivity index (χ1v) is 6.29. The van der Waals surface area contributed by atoms with Crippen molar-refractivity contribution in [3.8, 4) is 11.5 Å². The number of hydrogen-bond donors (Lipinski definition) is 1. The third-order valence-corrected chi connectivity index (χ3v) is 3.33. The van der Waals surface area contributed by atoms with Gasteiger partial charge in [0.2, 0.25) is 0 Å². The summed E-state index contributed by atoms with van der Waals surface area (Å²) in [6.07, 6.45) is 0. The molecule has 2 aromatic carbocycles. The van der Waals surface area contributed by atoms with Crippen LogP contribution in [-0.4, -0.2) is 9.67 Å². The van der Waals surface area contributed by atoms with Gasteiger partial charge in [0.15, 0.2) is 0 Å². The zero-order chi connectivity index (χ0) is 14.1. The third kappa shape index (κ3) is 2.32. The maximum atomic E-state index is 12.8. The van der Waals surface area contributed by atoms with Crippen LogP contribution in [0.3, 0.4) is 0 Å². The van der Waals surface area contributed by atoms with E-state index in [1.54, 1.807) is 24.3 Å². The van der Waals surface area contributed by atoms with Crippen molar-refractivity contribution in [2.75, 3.05) is 0 Å². The van der Waals surface area contributed by atoms with E-state index < -0.39 is 0 Å². The smallest absolute Gasteiger partial charge is 0.128 e. The Labute approximate surface area is 115 Å². The molecule has 20 heavy (non-hydrogen) atoms. The Morgan fingerprint density at radius 3 is 2.60 bits per heavy atom. The SMILES string of the molecule is Cn1c(COc2ccc(F)cc2)cc2cc(O)ccc21. The largest absolute Gasteiger partial charge is 0.508 e. The summed E-state index contributed by atoms with van der Waals surface area (Å²) in [5.41, 5.74) is 2.01. The van der Waals surface area contributed by atoms with Crippen LogP contribution >= 0.6 is 0 Å². The molecule has 102 valence electrons. The molecule has 0 aliphatic carbocycles. The minimum Gasteiger partial charge on any atom is -0.508 e. The van der Waals surface area contributed by atoms with Crippen molar-refractivity contribution in [3.63, 3.8) is 0 Å². The number of aromatic nitrogens is 1. The predicted molar refractivity (Wildman–Crippen MR) is 75.3 cm³/mol. The highest BCUT2D eigenvalue weighted by Crippen LogP contribution is 2.24. The lowest BCUT2D eigenvalue weighted by atomic mass is 10.2.